The second-order valence-corrected chi connectivity index (χ2v) is 7.04. The second-order valence-electron chi connectivity index (χ2n) is 4.78. The van der Waals surface area contributed by atoms with E-state index in [0.29, 0.717) is 31.5 Å². The molecule has 20 heavy (non-hydrogen) atoms. The number of hydrogen-bond acceptors (Lipinski definition) is 4. The first-order chi connectivity index (χ1) is 9.53. The zero-order chi connectivity index (χ0) is 14.6. The van der Waals surface area contributed by atoms with E-state index in [1.807, 2.05) is 0 Å². The third-order valence-corrected chi connectivity index (χ3v) is 5.37. The third-order valence-electron chi connectivity index (χ3n) is 3.49. The number of sulfonamides is 1. The first kappa shape index (κ1) is 14.9. The van der Waals surface area contributed by atoms with Crippen LogP contribution in [0.1, 0.15) is 30.1 Å². The predicted octanol–water partition coefficient (Wildman–Crippen LogP) is 0.625. The van der Waals surface area contributed by atoms with Crippen LogP contribution < -0.4 is 5.32 Å². The zero-order valence-corrected chi connectivity index (χ0v) is 12.3. The maximum atomic E-state index is 12.0. The van der Waals surface area contributed by atoms with Crippen molar-refractivity contribution >= 4 is 15.9 Å². The Morgan fingerprint density at radius 3 is 2.50 bits per heavy atom. The number of amides is 1. The SMILES string of the molecule is CCS(=O)(=O)N1CCC(NC(=O)c2ccncc2)CC1. The Morgan fingerprint density at radius 1 is 1.35 bits per heavy atom. The van der Waals surface area contributed by atoms with Gasteiger partial charge in [0.25, 0.3) is 5.91 Å². The predicted molar refractivity (Wildman–Crippen MR) is 75.8 cm³/mol. The highest BCUT2D eigenvalue weighted by atomic mass is 32.2. The fourth-order valence-corrected chi connectivity index (χ4v) is 3.37. The smallest absolute Gasteiger partial charge is 0.251 e. The zero-order valence-electron chi connectivity index (χ0n) is 11.4. The van der Waals surface area contributed by atoms with Crippen molar-refractivity contribution in [2.45, 2.75) is 25.8 Å². The molecule has 7 heteroatoms. The summed E-state index contributed by atoms with van der Waals surface area (Å²) in [6, 6.07) is 3.34. The lowest BCUT2D eigenvalue weighted by atomic mass is 10.1. The van der Waals surface area contributed by atoms with Crippen molar-refractivity contribution in [1.29, 1.82) is 0 Å². The number of hydrogen-bond donors (Lipinski definition) is 1. The second kappa shape index (κ2) is 6.32. The van der Waals surface area contributed by atoms with Crippen LogP contribution in [-0.2, 0) is 10.0 Å². The molecular formula is C13H19N3O3S. The Balaban J connectivity index is 1.88. The normalized spacial score (nSPS) is 17.9. The van der Waals surface area contributed by atoms with Gasteiger partial charge in [-0.15, -0.1) is 0 Å². The van der Waals surface area contributed by atoms with Gasteiger partial charge in [-0.1, -0.05) is 0 Å². The van der Waals surface area contributed by atoms with E-state index in [2.05, 4.69) is 10.3 Å². The molecule has 2 heterocycles. The van der Waals surface area contributed by atoms with Crippen LogP contribution >= 0.6 is 0 Å². The Hall–Kier alpha value is -1.47. The van der Waals surface area contributed by atoms with Crippen LogP contribution in [0.5, 0.6) is 0 Å². The number of pyridine rings is 1. The molecule has 0 radical (unpaired) electrons. The van der Waals surface area contributed by atoms with Gasteiger partial charge in [-0.2, -0.15) is 0 Å². The van der Waals surface area contributed by atoms with Crippen molar-refractivity contribution in [1.82, 2.24) is 14.6 Å². The summed E-state index contributed by atoms with van der Waals surface area (Å²) < 4.78 is 25.0. The topological polar surface area (TPSA) is 79.4 Å². The van der Waals surface area contributed by atoms with Gasteiger partial charge in [-0.05, 0) is 31.9 Å². The highest BCUT2D eigenvalue weighted by Gasteiger charge is 2.27. The summed E-state index contributed by atoms with van der Waals surface area (Å²) in [5.41, 5.74) is 0.573. The molecule has 0 spiro atoms. The molecule has 1 amide bonds. The molecule has 110 valence electrons. The minimum Gasteiger partial charge on any atom is -0.349 e. The van der Waals surface area contributed by atoms with Gasteiger partial charge in [-0.25, -0.2) is 12.7 Å². The number of aromatic nitrogens is 1. The van der Waals surface area contributed by atoms with E-state index in [-0.39, 0.29) is 17.7 Å². The van der Waals surface area contributed by atoms with Crippen molar-refractivity contribution in [3.05, 3.63) is 30.1 Å². The highest BCUT2D eigenvalue weighted by molar-refractivity contribution is 7.89. The molecule has 0 aliphatic carbocycles. The quantitative estimate of drug-likeness (QED) is 0.884. The molecule has 1 fully saturated rings. The molecule has 0 atom stereocenters. The lowest BCUT2D eigenvalue weighted by Gasteiger charge is -2.31. The summed E-state index contributed by atoms with van der Waals surface area (Å²) in [5, 5.41) is 2.94. The standard InChI is InChI=1S/C13H19N3O3S/c1-2-20(18,19)16-9-5-12(6-10-16)15-13(17)11-3-7-14-8-4-11/h3-4,7-8,12H,2,5-6,9-10H2,1H3,(H,15,17). The highest BCUT2D eigenvalue weighted by Crippen LogP contribution is 2.14. The molecule has 1 aromatic heterocycles. The average Bonchev–Trinajstić information content (AvgIpc) is 2.48. The van der Waals surface area contributed by atoms with E-state index in [9.17, 15) is 13.2 Å². The van der Waals surface area contributed by atoms with Crippen LogP contribution in [0.15, 0.2) is 24.5 Å². The Labute approximate surface area is 119 Å². The monoisotopic (exact) mass is 297 g/mol. The van der Waals surface area contributed by atoms with Gasteiger partial charge in [-0.3, -0.25) is 9.78 Å². The van der Waals surface area contributed by atoms with Crippen molar-refractivity contribution in [3.63, 3.8) is 0 Å². The van der Waals surface area contributed by atoms with Crippen molar-refractivity contribution in [2.24, 2.45) is 0 Å². The summed E-state index contributed by atoms with van der Waals surface area (Å²) in [5.74, 6) is -0.00897. The Kier molecular flexibility index (Phi) is 4.72. The van der Waals surface area contributed by atoms with Crippen LogP contribution in [0.2, 0.25) is 0 Å². The molecule has 1 N–H and O–H groups in total. The first-order valence-electron chi connectivity index (χ1n) is 6.71. The molecular weight excluding hydrogens is 278 g/mol. The minimum absolute atomic E-state index is 0.0268. The van der Waals surface area contributed by atoms with Gasteiger partial charge >= 0.3 is 0 Å². The van der Waals surface area contributed by atoms with Gasteiger partial charge in [0, 0.05) is 37.1 Å². The summed E-state index contributed by atoms with van der Waals surface area (Å²) >= 11 is 0. The maximum absolute atomic E-state index is 12.0. The van der Waals surface area contributed by atoms with E-state index >= 15 is 0 Å². The first-order valence-corrected chi connectivity index (χ1v) is 8.32. The summed E-state index contributed by atoms with van der Waals surface area (Å²) in [6.07, 6.45) is 4.45. The van der Waals surface area contributed by atoms with Crippen LogP contribution in [-0.4, -0.2) is 48.5 Å². The number of nitrogens with one attached hydrogen (secondary N) is 1. The molecule has 6 nitrogen and oxygen atoms in total. The number of nitrogens with zero attached hydrogens (tertiary/aromatic N) is 2. The van der Waals surface area contributed by atoms with E-state index in [4.69, 9.17) is 0 Å². The summed E-state index contributed by atoms with van der Waals surface area (Å²) in [4.78, 5) is 15.8. The molecule has 2 rings (SSSR count). The van der Waals surface area contributed by atoms with Crippen LogP contribution in [0.4, 0.5) is 0 Å². The van der Waals surface area contributed by atoms with Gasteiger partial charge in [0.1, 0.15) is 0 Å². The number of carbonyl (C=O) groups is 1. The number of piperidine rings is 1. The fourth-order valence-electron chi connectivity index (χ4n) is 2.23. The van der Waals surface area contributed by atoms with Crippen LogP contribution in [0.25, 0.3) is 0 Å². The van der Waals surface area contributed by atoms with Crippen LogP contribution in [0.3, 0.4) is 0 Å². The Bertz CT molecular complexity index is 551. The van der Waals surface area contributed by atoms with Gasteiger partial charge in [0.2, 0.25) is 10.0 Å². The van der Waals surface area contributed by atoms with Crippen molar-refractivity contribution in [2.75, 3.05) is 18.8 Å². The van der Waals surface area contributed by atoms with Gasteiger partial charge in [0.05, 0.1) is 5.75 Å². The molecule has 1 saturated heterocycles. The lowest BCUT2D eigenvalue weighted by Crippen LogP contribution is -2.46. The van der Waals surface area contributed by atoms with Crippen molar-refractivity contribution in [3.8, 4) is 0 Å². The third kappa shape index (κ3) is 3.55. The molecule has 0 aromatic carbocycles. The van der Waals surface area contributed by atoms with E-state index < -0.39 is 10.0 Å². The minimum atomic E-state index is -3.11. The molecule has 0 unspecified atom stereocenters. The summed E-state index contributed by atoms with van der Waals surface area (Å²) in [6.45, 7) is 2.58. The number of rotatable bonds is 4. The molecule has 0 saturated carbocycles. The average molecular weight is 297 g/mol. The Morgan fingerprint density at radius 2 is 1.95 bits per heavy atom. The molecule has 1 aromatic rings. The van der Waals surface area contributed by atoms with Crippen molar-refractivity contribution < 1.29 is 13.2 Å². The lowest BCUT2D eigenvalue weighted by molar-refractivity contribution is 0.0923. The van der Waals surface area contributed by atoms with Crippen LogP contribution in [0, 0.1) is 0 Å². The van der Waals surface area contributed by atoms with E-state index in [1.165, 1.54) is 4.31 Å². The summed E-state index contributed by atoms with van der Waals surface area (Å²) in [7, 11) is -3.11. The maximum Gasteiger partial charge on any atom is 0.251 e. The van der Waals surface area contributed by atoms with Gasteiger partial charge in [0.15, 0.2) is 0 Å². The van der Waals surface area contributed by atoms with E-state index in [1.54, 1.807) is 31.5 Å². The fraction of sp³-hybridized carbons (Fsp3) is 0.538. The van der Waals surface area contributed by atoms with E-state index in [0.717, 1.165) is 0 Å². The van der Waals surface area contributed by atoms with Gasteiger partial charge < -0.3 is 5.32 Å². The molecule has 0 bridgehead atoms. The molecule has 1 aliphatic heterocycles. The largest absolute Gasteiger partial charge is 0.349 e. The number of carbonyl (C=O) groups excluding carboxylic acids is 1. The molecule has 1 aliphatic rings.